The zero-order valence-electron chi connectivity index (χ0n) is 13.2. The number of nitrogens with two attached hydrogens (primary N) is 1. The Bertz CT molecular complexity index is 1160. The first-order chi connectivity index (χ1) is 12.3. The lowest BCUT2D eigenvalue weighted by molar-refractivity contribution is 0.0697. The van der Waals surface area contributed by atoms with Gasteiger partial charge in [-0.2, -0.15) is 8.42 Å². The van der Waals surface area contributed by atoms with Crippen LogP contribution in [0.1, 0.15) is 10.4 Å². The molecular weight excluding hydrogens is 358 g/mol. The SMILES string of the molecule is Nc1c(N=Nc2ccccc2C(=O)O)cc(S(=O)(=O)O)c2ccccc12. The second-order valence-corrected chi connectivity index (χ2v) is 6.74. The third kappa shape index (κ3) is 3.25. The van der Waals surface area contributed by atoms with Gasteiger partial charge in [-0.15, -0.1) is 10.2 Å². The molecule has 0 fully saturated rings. The van der Waals surface area contributed by atoms with Crippen molar-refractivity contribution in [1.82, 2.24) is 0 Å². The van der Waals surface area contributed by atoms with Crippen molar-refractivity contribution in [2.75, 3.05) is 5.73 Å². The van der Waals surface area contributed by atoms with Crippen LogP contribution in [0.5, 0.6) is 0 Å². The van der Waals surface area contributed by atoms with Crippen molar-refractivity contribution in [3.63, 3.8) is 0 Å². The van der Waals surface area contributed by atoms with Crippen molar-refractivity contribution >= 4 is 43.9 Å². The average molecular weight is 371 g/mol. The summed E-state index contributed by atoms with van der Waals surface area (Å²) in [7, 11) is -4.52. The van der Waals surface area contributed by atoms with Gasteiger partial charge in [0.1, 0.15) is 16.3 Å². The van der Waals surface area contributed by atoms with Gasteiger partial charge in [0, 0.05) is 10.8 Å². The minimum absolute atomic E-state index is 0.00323. The Balaban J connectivity index is 2.21. The van der Waals surface area contributed by atoms with Gasteiger partial charge >= 0.3 is 5.97 Å². The van der Waals surface area contributed by atoms with Gasteiger partial charge in [-0.3, -0.25) is 4.55 Å². The number of carbonyl (C=O) groups is 1. The van der Waals surface area contributed by atoms with E-state index in [1.54, 1.807) is 30.3 Å². The van der Waals surface area contributed by atoms with E-state index in [1.807, 2.05) is 0 Å². The molecule has 0 unspecified atom stereocenters. The molecule has 3 aromatic carbocycles. The van der Waals surface area contributed by atoms with Gasteiger partial charge in [0.2, 0.25) is 0 Å². The highest BCUT2D eigenvalue weighted by Gasteiger charge is 2.18. The van der Waals surface area contributed by atoms with E-state index in [0.29, 0.717) is 5.39 Å². The molecule has 8 nitrogen and oxygen atoms in total. The Labute approximate surface area is 148 Å². The molecule has 0 radical (unpaired) electrons. The van der Waals surface area contributed by atoms with Gasteiger partial charge in [-0.25, -0.2) is 4.79 Å². The molecule has 4 N–H and O–H groups in total. The number of aromatic carboxylic acids is 1. The number of hydrogen-bond donors (Lipinski definition) is 3. The summed E-state index contributed by atoms with van der Waals surface area (Å²) >= 11 is 0. The highest BCUT2D eigenvalue weighted by atomic mass is 32.2. The normalized spacial score (nSPS) is 11.9. The maximum Gasteiger partial charge on any atom is 0.337 e. The molecule has 0 heterocycles. The topological polar surface area (TPSA) is 142 Å². The lowest BCUT2D eigenvalue weighted by Gasteiger charge is -2.09. The van der Waals surface area contributed by atoms with Crippen molar-refractivity contribution in [3.8, 4) is 0 Å². The summed E-state index contributed by atoms with van der Waals surface area (Å²) in [6.45, 7) is 0. The van der Waals surface area contributed by atoms with E-state index in [1.165, 1.54) is 18.2 Å². The first-order valence-electron chi connectivity index (χ1n) is 7.32. The van der Waals surface area contributed by atoms with Crippen molar-refractivity contribution in [2.24, 2.45) is 10.2 Å². The van der Waals surface area contributed by atoms with Crippen LogP contribution < -0.4 is 5.73 Å². The second-order valence-electron chi connectivity index (χ2n) is 5.35. The molecule has 0 saturated heterocycles. The molecule has 0 amide bonds. The summed E-state index contributed by atoms with van der Waals surface area (Å²) in [4.78, 5) is 10.9. The first-order valence-corrected chi connectivity index (χ1v) is 8.76. The van der Waals surface area contributed by atoms with Crippen LogP contribution in [-0.4, -0.2) is 24.0 Å². The van der Waals surface area contributed by atoms with Crippen molar-refractivity contribution in [1.29, 1.82) is 0 Å². The quantitative estimate of drug-likeness (QED) is 0.362. The van der Waals surface area contributed by atoms with E-state index in [2.05, 4.69) is 10.2 Å². The standard InChI is InChI=1S/C17H13N3O5S/c18-16-11-6-2-1-5-10(11)15(26(23,24)25)9-14(16)20-19-13-8-4-3-7-12(13)17(21)22/h1-9H,18H2,(H,21,22)(H,23,24,25). The fourth-order valence-corrected chi connectivity index (χ4v) is 3.21. The number of hydrogen-bond acceptors (Lipinski definition) is 6. The number of fused-ring (bicyclic) bond motifs is 1. The van der Waals surface area contributed by atoms with Gasteiger partial charge in [0.15, 0.2) is 0 Å². The summed E-state index contributed by atoms with van der Waals surface area (Å²) in [6.07, 6.45) is 0. The van der Waals surface area contributed by atoms with Gasteiger partial charge in [0.25, 0.3) is 10.1 Å². The molecule has 0 aliphatic rings. The number of benzene rings is 3. The molecule has 132 valence electrons. The maximum absolute atomic E-state index is 11.7. The predicted octanol–water partition coefficient (Wildman–Crippen LogP) is 3.78. The zero-order valence-corrected chi connectivity index (χ0v) is 14.0. The molecular formula is C17H13N3O5S. The van der Waals surface area contributed by atoms with Gasteiger partial charge in [0.05, 0.1) is 11.3 Å². The summed E-state index contributed by atoms with van der Waals surface area (Å²) in [5.74, 6) is -1.18. The lowest BCUT2D eigenvalue weighted by atomic mass is 10.1. The van der Waals surface area contributed by atoms with E-state index in [0.717, 1.165) is 6.07 Å². The monoisotopic (exact) mass is 371 g/mol. The van der Waals surface area contributed by atoms with Crippen LogP contribution in [0.25, 0.3) is 10.8 Å². The van der Waals surface area contributed by atoms with Gasteiger partial charge < -0.3 is 10.8 Å². The Morgan fingerprint density at radius 2 is 1.50 bits per heavy atom. The number of anilines is 1. The number of carboxylic acid groups (broad SMARTS) is 1. The molecule has 0 spiro atoms. The molecule has 0 aliphatic heterocycles. The fraction of sp³-hybridized carbons (Fsp3) is 0. The van der Waals surface area contributed by atoms with Crippen molar-refractivity contribution in [3.05, 3.63) is 60.2 Å². The van der Waals surface area contributed by atoms with Crippen LogP contribution in [0.3, 0.4) is 0 Å². The number of rotatable bonds is 4. The Morgan fingerprint density at radius 1 is 0.923 bits per heavy atom. The minimum atomic E-state index is -4.52. The Kier molecular flexibility index (Phi) is 4.41. The molecule has 0 aromatic heterocycles. The van der Waals surface area contributed by atoms with E-state index in [-0.39, 0.29) is 32.9 Å². The largest absolute Gasteiger partial charge is 0.478 e. The summed E-state index contributed by atoms with van der Waals surface area (Å²) in [6, 6.07) is 13.4. The molecule has 9 heteroatoms. The summed E-state index contributed by atoms with van der Waals surface area (Å²) in [5, 5.41) is 17.6. The lowest BCUT2D eigenvalue weighted by Crippen LogP contribution is -2.01. The highest BCUT2D eigenvalue weighted by molar-refractivity contribution is 7.86. The third-order valence-electron chi connectivity index (χ3n) is 3.70. The van der Waals surface area contributed by atoms with Crippen LogP contribution in [0.2, 0.25) is 0 Å². The Hall–Kier alpha value is -3.30. The summed E-state index contributed by atoms with van der Waals surface area (Å²) in [5.41, 5.74) is 6.22. The van der Waals surface area contributed by atoms with E-state index >= 15 is 0 Å². The second kappa shape index (κ2) is 6.54. The number of azo groups is 1. The van der Waals surface area contributed by atoms with Crippen molar-refractivity contribution < 1.29 is 22.9 Å². The van der Waals surface area contributed by atoms with Crippen LogP contribution in [0.4, 0.5) is 17.1 Å². The molecule has 3 aromatic rings. The van der Waals surface area contributed by atoms with E-state index < -0.39 is 16.1 Å². The highest BCUT2D eigenvalue weighted by Crippen LogP contribution is 2.36. The van der Waals surface area contributed by atoms with E-state index in [9.17, 15) is 22.9 Å². The molecule has 0 saturated carbocycles. The van der Waals surface area contributed by atoms with Crippen molar-refractivity contribution in [2.45, 2.75) is 4.90 Å². The third-order valence-corrected chi connectivity index (χ3v) is 4.60. The average Bonchev–Trinajstić information content (AvgIpc) is 2.60. The van der Waals surface area contributed by atoms with Crippen LogP contribution >= 0.6 is 0 Å². The smallest absolute Gasteiger partial charge is 0.337 e. The molecule has 0 bridgehead atoms. The maximum atomic E-state index is 11.7. The number of nitrogens with zero attached hydrogens (tertiary/aromatic N) is 2. The van der Waals surface area contributed by atoms with Gasteiger partial charge in [-0.1, -0.05) is 36.4 Å². The first kappa shape index (κ1) is 17.5. The molecule has 0 aliphatic carbocycles. The number of nitrogen functional groups attached to an aromatic ring is 1. The number of carboxylic acids is 1. The van der Waals surface area contributed by atoms with E-state index in [4.69, 9.17) is 5.73 Å². The summed E-state index contributed by atoms with van der Waals surface area (Å²) < 4.78 is 32.9. The molecule has 0 atom stereocenters. The van der Waals surface area contributed by atoms with Crippen LogP contribution in [0, 0.1) is 0 Å². The van der Waals surface area contributed by atoms with Crippen LogP contribution in [0.15, 0.2) is 69.7 Å². The van der Waals surface area contributed by atoms with Gasteiger partial charge in [-0.05, 0) is 18.2 Å². The zero-order chi connectivity index (χ0) is 18.9. The minimum Gasteiger partial charge on any atom is -0.478 e. The molecule has 3 rings (SSSR count). The predicted molar refractivity (Wildman–Crippen MR) is 95.8 cm³/mol. The Morgan fingerprint density at radius 3 is 2.15 bits per heavy atom. The molecule has 26 heavy (non-hydrogen) atoms. The fourth-order valence-electron chi connectivity index (χ4n) is 2.50. The van der Waals surface area contributed by atoms with Crippen LogP contribution in [-0.2, 0) is 10.1 Å².